The van der Waals surface area contributed by atoms with Crippen LogP contribution in [0.3, 0.4) is 0 Å². The van der Waals surface area contributed by atoms with Crippen molar-refractivity contribution < 1.29 is 4.79 Å². The highest BCUT2D eigenvalue weighted by molar-refractivity contribution is 5.89. The maximum atomic E-state index is 12.4. The lowest BCUT2D eigenvalue weighted by molar-refractivity contribution is 0.208. The molecule has 2 rings (SSSR count). The van der Waals surface area contributed by atoms with Crippen LogP contribution in [-0.4, -0.2) is 17.5 Å². The molecule has 0 atom stereocenters. The number of hydrogen-bond acceptors (Lipinski definition) is 1. The predicted octanol–water partition coefficient (Wildman–Crippen LogP) is 4.52. The minimum absolute atomic E-state index is 0.0431. The predicted molar refractivity (Wildman–Crippen MR) is 87.2 cm³/mol. The molecule has 1 N–H and O–H groups in total. The van der Waals surface area contributed by atoms with Crippen molar-refractivity contribution in [2.24, 2.45) is 0 Å². The van der Waals surface area contributed by atoms with E-state index in [0.29, 0.717) is 6.54 Å². The van der Waals surface area contributed by atoms with Gasteiger partial charge in [0.15, 0.2) is 0 Å². The first-order valence-corrected chi connectivity index (χ1v) is 7.44. The summed E-state index contributed by atoms with van der Waals surface area (Å²) in [6.07, 6.45) is 2.08. The number of anilines is 1. The van der Waals surface area contributed by atoms with E-state index in [1.165, 1.54) is 0 Å². The topological polar surface area (TPSA) is 32.3 Å². The maximum Gasteiger partial charge on any atom is 0.322 e. The van der Waals surface area contributed by atoms with Gasteiger partial charge in [-0.15, -0.1) is 0 Å². The molecule has 0 saturated carbocycles. The highest BCUT2D eigenvalue weighted by Crippen LogP contribution is 2.10. The smallest absolute Gasteiger partial charge is 0.320 e. The van der Waals surface area contributed by atoms with E-state index in [4.69, 9.17) is 0 Å². The molecular weight excluding hydrogens is 260 g/mol. The summed E-state index contributed by atoms with van der Waals surface area (Å²) in [7, 11) is 0. The fourth-order valence-corrected chi connectivity index (χ4v) is 2.13. The Morgan fingerprint density at radius 3 is 2.24 bits per heavy atom. The SMILES string of the molecule is CCCCN(Cc1ccccc1)C(=O)Nc1ccccc1. The van der Waals surface area contributed by atoms with Gasteiger partial charge in [0, 0.05) is 18.8 Å². The van der Waals surface area contributed by atoms with Gasteiger partial charge >= 0.3 is 6.03 Å². The van der Waals surface area contributed by atoms with Gasteiger partial charge in [0.05, 0.1) is 0 Å². The zero-order valence-corrected chi connectivity index (χ0v) is 12.5. The van der Waals surface area contributed by atoms with Crippen LogP contribution in [0.4, 0.5) is 10.5 Å². The zero-order chi connectivity index (χ0) is 14.9. The van der Waals surface area contributed by atoms with Crippen molar-refractivity contribution in [2.45, 2.75) is 26.3 Å². The number of para-hydroxylation sites is 1. The van der Waals surface area contributed by atoms with Gasteiger partial charge in [-0.2, -0.15) is 0 Å². The van der Waals surface area contributed by atoms with Crippen LogP contribution in [0, 0.1) is 0 Å². The molecule has 2 aromatic carbocycles. The Hall–Kier alpha value is -2.29. The summed E-state index contributed by atoms with van der Waals surface area (Å²) in [5, 5.41) is 2.96. The Bertz CT molecular complexity index is 540. The number of carbonyl (C=O) groups is 1. The fraction of sp³-hybridized carbons (Fsp3) is 0.278. The molecule has 0 saturated heterocycles. The van der Waals surface area contributed by atoms with Crippen molar-refractivity contribution in [1.29, 1.82) is 0 Å². The van der Waals surface area contributed by atoms with Gasteiger partial charge in [0.1, 0.15) is 0 Å². The van der Waals surface area contributed by atoms with E-state index in [1.54, 1.807) is 0 Å². The Morgan fingerprint density at radius 2 is 1.62 bits per heavy atom. The summed E-state index contributed by atoms with van der Waals surface area (Å²) in [4.78, 5) is 14.3. The van der Waals surface area contributed by atoms with E-state index in [9.17, 15) is 4.79 Å². The molecule has 21 heavy (non-hydrogen) atoms. The second-order valence-electron chi connectivity index (χ2n) is 5.06. The van der Waals surface area contributed by atoms with Crippen molar-refractivity contribution in [3.8, 4) is 0 Å². The van der Waals surface area contributed by atoms with Gasteiger partial charge in [-0.3, -0.25) is 0 Å². The first kappa shape index (κ1) is 15.1. The number of rotatable bonds is 6. The van der Waals surface area contributed by atoms with E-state index in [1.807, 2.05) is 53.4 Å². The normalized spacial score (nSPS) is 10.1. The Kier molecular flexibility index (Phi) is 5.83. The standard InChI is InChI=1S/C18H22N2O/c1-2-3-14-20(15-16-10-6-4-7-11-16)18(21)19-17-12-8-5-9-13-17/h4-13H,2-3,14-15H2,1H3,(H,19,21). The Labute approximate surface area is 126 Å². The minimum atomic E-state index is -0.0431. The van der Waals surface area contributed by atoms with Gasteiger partial charge in [0.2, 0.25) is 0 Å². The van der Waals surface area contributed by atoms with Crippen molar-refractivity contribution >= 4 is 11.7 Å². The molecule has 0 aliphatic heterocycles. The highest BCUT2D eigenvalue weighted by Gasteiger charge is 2.13. The summed E-state index contributed by atoms with van der Waals surface area (Å²) >= 11 is 0. The van der Waals surface area contributed by atoms with Crippen LogP contribution in [0.1, 0.15) is 25.3 Å². The third-order valence-electron chi connectivity index (χ3n) is 3.31. The monoisotopic (exact) mass is 282 g/mol. The molecule has 0 spiro atoms. The average molecular weight is 282 g/mol. The lowest BCUT2D eigenvalue weighted by atomic mass is 10.2. The second kappa shape index (κ2) is 8.10. The molecular formula is C18H22N2O. The molecule has 0 aliphatic carbocycles. The zero-order valence-electron chi connectivity index (χ0n) is 12.5. The maximum absolute atomic E-state index is 12.4. The van der Waals surface area contributed by atoms with Crippen molar-refractivity contribution in [3.63, 3.8) is 0 Å². The van der Waals surface area contributed by atoms with Crippen LogP contribution in [0.5, 0.6) is 0 Å². The van der Waals surface area contributed by atoms with Crippen molar-refractivity contribution in [1.82, 2.24) is 4.90 Å². The number of nitrogens with zero attached hydrogens (tertiary/aromatic N) is 1. The number of nitrogens with one attached hydrogen (secondary N) is 1. The molecule has 2 aromatic rings. The van der Waals surface area contributed by atoms with Gasteiger partial charge in [-0.05, 0) is 24.1 Å². The number of amides is 2. The van der Waals surface area contributed by atoms with Crippen LogP contribution in [-0.2, 0) is 6.54 Å². The lowest BCUT2D eigenvalue weighted by Crippen LogP contribution is -2.35. The third-order valence-corrected chi connectivity index (χ3v) is 3.31. The van der Waals surface area contributed by atoms with E-state index >= 15 is 0 Å². The molecule has 0 bridgehead atoms. The number of unbranched alkanes of at least 4 members (excludes halogenated alkanes) is 1. The third kappa shape index (κ3) is 4.95. The summed E-state index contributed by atoms with van der Waals surface area (Å²) < 4.78 is 0. The second-order valence-corrected chi connectivity index (χ2v) is 5.06. The van der Waals surface area contributed by atoms with Gasteiger partial charge in [-0.1, -0.05) is 61.9 Å². The summed E-state index contributed by atoms with van der Waals surface area (Å²) in [5.74, 6) is 0. The molecule has 0 heterocycles. The summed E-state index contributed by atoms with van der Waals surface area (Å²) in [6, 6.07) is 19.6. The van der Waals surface area contributed by atoms with Crippen molar-refractivity contribution in [2.75, 3.05) is 11.9 Å². The van der Waals surface area contributed by atoms with Crippen LogP contribution in [0.25, 0.3) is 0 Å². The molecule has 0 unspecified atom stereocenters. The molecule has 0 aliphatic rings. The largest absolute Gasteiger partial charge is 0.322 e. The molecule has 110 valence electrons. The van der Waals surface area contributed by atoms with Crippen LogP contribution < -0.4 is 5.32 Å². The summed E-state index contributed by atoms with van der Waals surface area (Å²) in [5.41, 5.74) is 1.98. The highest BCUT2D eigenvalue weighted by atomic mass is 16.2. The minimum Gasteiger partial charge on any atom is -0.320 e. The molecule has 3 nitrogen and oxygen atoms in total. The van der Waals surface area contributed by atoms with E-state index in [0.717, 1.165) is 30.6 Å². The van der Waals surface area contributed by atoms with Gasteiger partial charge < -0.3 is 10.2 Å². The van der Waals surface area contributed by atoms with Crippen LogP contribution in [0.15, 0.2) is 60.7 Å². The molecule has 2 amide bonds. The van der Waals surface area contributed by atoms with Gasteiger partial charge in [-0.25, -0.2) is 4.79 Å². The quantitative estimate of drug-likeness (QED) is 0.830. The fourth-order valence-electron chi connectivity index (χ4n) is 2.13. The number of carbonyl (C=O) groups excluding carboxylic acids is 1. The van der Waals surface area contributed by atoms with E-state index < -0.39 is 0 Å². The summed E-state index contributed by atoms with van der Waals surface area (Å²) in [6.45, 7) is 3.54. The Morgan fingerprint density at radius 1 is 1.00 bits per heavy atom. The molecule has 0 radical (unpaired) electrons. The van der Waals surface area contributed by atoms with Crippen LogP contribution in [0.2, 0.25) is 0 Å². The number of hydrogen-bond donors (Lipinski definition) is 1. The van der Waals surface area contributed by atoms with Crippen molar-refractivity contribution in [3.05, 3.63) is 66.2 Å². The molecule has 0 aromatic heterocycles. The lowest BCUT2D eigenvalue weighted by Gasteiger charge is -2.23. The van der Waals surface area contributed by atoms with E-state index in [-0.39, 0.29) is 6.03 Å². The average Bonchev–Trinajstić information content (AvgIpc) is 2.53. The molecule has 3 heteroatoms. The first-order chi connectivity index (χ1) is 10.3. The number of benzene rings is 2. The first-order valence-electron chi connectivity index (χ1n) is 7.44. The number of urea groups is 1. The van der Waals surface area contributed by atoms with E-state index in [2.05, 4.69) is 24.4 Å². The molecule has 0 fully saturated rings. The van der Waals surface area contributed by atoms with Gasteiger partial charge in [0.25, 0.3) is 0 Å². The Balaban J connectivity index is 2.02. The van der Waals surface area contributed by atoms with Crippen LogP contribution >= 0.6 is 0 Å².